The number of imide groups is 1. The summed E-state index contributed by atoms with van der Waals surface area (Å²) in [6, 6.07) is 0. The molecule has 0 aromatic heterocycles. The Morgan fingerprint density at radius 1 is 0.692 bits per heavy atom. The first-order valence-electron chi connectivity index (χ1n) is 14.8. The van der Waals surface area contributed by atoms with E-state index in [0.717, 1.165) is 35.5 Å². The van der Waals surface area contributed by atoms with Gasteiger partial charge in [-0.3, -0.25) is 24.1 Å². The summed E-state index contributed by atoms with van der Waals surface area (Å²) >= 11 is 0. The van der Waals surface area contributed by atoms with Gasteiger partial charge in [0.2, 0.25) is 11.8 Å². The third-order valence-corrected chi connectivity index (χ3v) is 7.29. The highest BCUT2D eigenvalue weighted by Crippen LogP contribution is 2.54. The predicted molar refractivity (Wildman–Crippen MR) is 148 cm³/mol. The standard InChI is InChI=1S/C29H49N3O7/c1-3-7-23-24(8-4-2)25(23)9-5-6-10-26(33)30-14-17-37-19-21-39-22-20-38-18-15-31-27(34)13-16-32-28(35)11-12-29(32)36/h11-12,23-25H,3-10,13-22H2,1-2H3,(H,30,33)(H,31,34). The molecule has 0 bridgehead atoms. The van der Waals surface area contributed by atoms with Crippen LogP contribution >= 0.6 is 0 Å². The average Bonchev–Trinajstić information content (AvgIpc) is 3.45. The van der Waals surface area contributed by atoms with E-state index in [4.69, 9.17) is 14.2 Å². The second-order valence-corrected chi connectivity index (χ2v) is 10.3. The summed E-state index contributed by atoms with van der Waals surface area (Å²) in [6.45, 7) is 7.97. The molecule has 2 rings (SSSR count). The zero-order valence-corrected chi connectivity index (χ0v) is 23.9. The molecule has 0 spiro atoms. The third-order valence-electron chi connectivity index (χ3n) is 7.29. The van der Waals surface area contributed by atoms with Gasteiger partial charge in [0.25, 0.3) is 11.8 Å². The van der Waals surface area contributed by atoms with E-state index >= 15 is 0 Å². The molecule has 2 aliphatic rings. The number of carbonyl (C=O) groups excluding carboxylic acids is 4. The Hall–Kier alpha value is -2.30. The van der Waals surface area contributed by atoms with Crippen LogP contribution in [0.2, 0.25) is 0 Å². The topological polar surface area (TPSA) is 123 Å². The first-order valence-corrected chi connectivity index (χ1v) is 14.8. The maximum atomic E-state index is 12.0. The summed E-state index contributed by atoms with van der Waals surface area (Å²) in [5.74, 6) is 1.86. The lowest BCUT2D eigenvalue weighted by Crippen LogP contribution is -2.35. The Morgan fingerprint density at radius 2 is 1.15 bits per heavy atom. The predicted octanol–water partition coefficient (Wildman–Crippen LogP) is 2.61. The molecule has 0 aromatic rings. The largest absolute Gasteiger partial charge is 0.377 e. The molecule has 1 aliphatic heterocycles. The van der Waals surface area contributed by atoms with E-state index in [1.54, 1.807) is 0 Å². The van der Waals surface area contributed by atoms with E-state index in [2.05, 4.69) is 24.5 Å². The van der Waals surface area contributed by atoms with Gasteiger partial charge in [0.05, 0.1) is 39.6 Å². The number of ether oxygens (including phenoxy) is 3. The molecule has 4 amide bonds. The van der Waals surface area contributed by atoms with Gasteiger partial charge < -0.3 is 24.8 Å². The summed E-state index contributed by atoms with van der Waals surface area (Å²) in [7, 11) is 0. The van der Waals surface area contributed by atoms with E-state index in [1.165, 1.54) is 44.3 Å². The van der Waals surface area contributed by atoms with Gasteiger partial charge in [0, 0.05) is 44.6 Å². The molecule has 1 heterocycles. The number of carbonyl (C=O) groups is 4. The molecule has 2 N–H and O–H groups in total. The van der Waals surface area contributed by atoms with Crippen molar-refractivity contribution in [2.75, 3.05) is 59.3 Å². The molecular formula is C29H49N3O7. The van der Waals surface area contributed by atoms with Crippen molar-refractivity contribution in [3.63, 3.8) is 0 Å². The molecule has 39 heavy (non-hydrogen) atoms. The molecule has 10 nitrogen and oxygen atoms in total. The molecule has 1 saturated carbocycles. The number of rotatable bonds is 24. The lowest BCUT2D eigenvalue weighted by atomic mass is 10.1. The summed E-state index contributed by atoms with van der Waals surface area (Å²) in [6.07, 6.45) is 11.7. The first kappa shape index (κ1) is 32.9. The molecule has 222 valence electrons. The molecule has 2 unspecified atom stereocenters. The van der Waals surface area contributed by atoms with Gasteiger partial charge in [-0.25, -0.2) is 0 Å². The van der Waals surface area contributed by atoms with Crippen molar-refractivity contribution in [3.8, 4) is 0 Å². The Kier molecular flexibility index (Phi) is 16.6. The maximum absolute atomic E-state index is 12.0. The van der Waals surface area contributed by atoms with Crippen LogP contribution in [0, 0.1) is 17.8 Å². The van der Waals surface area contributed by atoms with Crippen molar-refractivity contribution in [1.82, 2.24) is 15.5 Å². The number of nitrogens with one attached hydrogen (secondary N) is 2. The van der Waals surface area contributed by atoms with Crippen LogP contribution in [0.5, 0.6) is 0 Å². The van der Waals surface area contributed by atoms with Crippen molar-refractivity contribution in [2.45, 2.75) is 71.6 Å². The van der Waals surface area contributed by atoms with Gasteiger partial charge >= 0.3 is 0 Å². The molecule has 0 saturated heterocycles. The van der Waals surface area contributed by atoms with Crippen LogP contribution in [0.15, 0.2) is 12.2 Å². The second kappa shape index (κ2) is 19.7. The Balaban J connectivity index is 1.29. The fraction of sp³-hybridized carbons (Fsp3) is 0.793. The van der Waals surface area contributed by atoms with Crippen molar-refractivity contribution in [3.05, 3.63) is 12.2 Å². The summed E-state index contributed by atoms with van der Waals surface area (Å²) in [5.41, 5.74) is 0. The van der Waals surface area contributed by atoms with Crippen molar-refractivity contribution >= 4 is 23.6 Å². The summed E-state index contributed by atoms with van der Waals surface area (Å²) in [4.78, 5) is 47.7. The number of unbranched alkanes of at least 4 members (excludes halogenated alkanes) is 1. The smallest absolute Gasteiger partial charge is 0.253 e. The van der Waals surface area contributed by atoms with Crippen LogP contribution in [0.25, 0.3) is 0 Å². The minimum atomic E-state index is -0.390. The first-order chi connectivity index (χ1) is 19.0. The zero-order valence-electron chi connectivity index (χ0n) is 23.9. The monoisotopic (exact) mass is 551 g/mol. The molecule has 0 aromatic carbocycles. The van der Waals surface area contributed by atoms with Crippen LogP contribution in [0.3, 0.4) is 0 Å². The number of nitrogens with zero attached hydrogens (tertiary/aromatic N) is 1. The van der Waals surface area contributed by atoms with Gasteiger partial charge in [-0.05, 0) is 30.6 Å². The third kappa shape index (κ3) is 13.6. The Bertz CT molecular complexity index is 759. The van der Waals surface area contributed by atoms with E-state index in [-0.39, 0.29) is 24.8 Å². The lowest BCUT2D eigenvalue weighted by Gasteiger charge is -2.13. The number of hydrogen-bond acceptors (Lipinski definition) is 7. The van der Waals surface area contributed by atoms with Crippen LogP contribution in [0.4, 0.5) is 0 Å². The minimum Gasteiger partial charge on any atom is -0.377 e. The highest BCUT2D eigenvalue weighted by Gasteiger charge is 2.46. The van der Waals surface area contributed by atoms with Gasteiger partial charge in [0.1, 0.15) is 0 Å². The molecule has 0 radical (unpaired) electrons. The van der Waals surface area contributed by atoms with Crippen LogP contribution in [-0.4, -0.2) is 87.8 Å². The molecular weight excluding hydrogens is 502 g/mol. The SMILES string of the molecule is CCCC1C(CCC)C1CCCCC(=O)NCCOCCOCCOCCNC(=O)CCN1C(=O)C=CC1=O. The normalized spacial score (nSPS) is 20.1. The fourth-order valence-corrected chi connectivity index (χ4v) is 5.25. The lowest BCUT2D eigenvalue weighted by molar-refractivity contribution is -0.137. The fourth-order valence-electron chi connectivity index (χ4n) is 5.25. The molecule has 1 aliphatic carbocycles. The zero-order chi connectivity index (χ0) is 28.3. The van der Waals surface area contributed by atoms with Crippen LogP contribution in [0.1, 0.15) is 71.6 Å². The highest BCUT2D eigenvalue weighted by atomic mass is 16.5. The molecule has 1 fully saturated rings. The van der Waals surface area contributed by atoms with Crippen molar-refractivity contribution in [1.29, 1.82) is 0 Å². The van der Waals surface area contributed by atoms with Crippen LogP contribution in [-0.2, 0) is 33.4 Å². The number of amides is 4. The molecule has 2 atom stereocenters. The number of hydrogen-bond donors (Lipinski definition) is 2. The summed E-state index contributed by atoms with van der Waals surface area (Å²) < 4.78 is 16.3. The van der Waals surface area contributed by atoms with Gasteiger partial charge in [0.15, 0.2) is 0 Å². The maximum Gasteiger partial charge on any atom is 0.253 e. The van der Waals surface area contributed by atoms with E-state index < -0.39 is 11.8 Å². The van der Waals surface area contributed by atoms with Gasteiger partial charge in [-0.2, -0.15) is 0 Å². The van der Waals surface area contributed by atoms with Gasteiger partial charge in [-0.15, -0.1) is 0 Å². The Morgan fingerprint density at radius 3 is 1.67 bits per heavy atom. The van der Waals surface area contributed by atoms with Gasteiger partial charge in [-0.1, -0.05) is 46.0 Å². The minimum absolute atomic E-state index is 0.0609. The summed E-state index contributed by atoms with van der Waals surface area (Å²) in [5, 5.41) is 5.60. The van der Waals surface area contributed by atoms with E-state index in [9.17, 15) is 19.2 Å². The quantitative estimate of drug-likeness (QED) is 0.140. The van der Waals surface area contributed by atoms with E-state index in [0.29, 0.717) is 59.2 Å². The van der Waals surface area contributed by atoms with Crippen molar-refractivity contribution in [2.24, 2.45) is 17.8 Å². The Labute approximate surface area is 233 Å². The van der Waals surface area contributed by atoms with Crippen LogP contribution < -0.4 is 10.6 Å². The average molecular weight is 552 g/mol. The van der Waals surface area contributed by atoms with E-state index in [1.807, 2.05) is 0 Å². The van der Waals surface area contributed by atoms with Crippen molar-refractivity contribution < 1.29 is 33.4 Å². The molecule has 10 heteroatoms. The second-order valence-electron chi connectivity index (χ2n) is 10.3. The highest BCUT2D eigenvalue weighted by molar-refractivity contribution is 6.13.